The molecular weight excluding hydrogens is 306 g/mol. The van der Waals surface area contributed by atoms with Crippen molar-refractivity contribution in [1.29, 1.82) is 0 Å². The second-order valence-corrected chi connectivity index (χ2v) is 4.15. The van der Waals surface area contributed by atoms with E-state index in [0.717, 1.165) is 13.0 Å². The summed E-state index contributed by atoms with van der Waals surface area (Å²) < 4.78 is 54.8. The van der Waals surface area contributed by atoms with Crippen LogP contribution in [0.5, 0.6) is 5.75 Å². The Balaban J connectivity index is 2.98. The molecule has 0 saturated heterocycles. The van der Waals surface area contributed by atoms with E-state index < -0.39 is 23.8 Å². The molecule has 96 valence electrons. The van der Waals surface area contributed by atoms with Gasteiger partial charge in [-0.3, -0.25) is 0 Å². The fraction of sp³-hybridized carbons (Fsp3) is 0.400. The van der Waals surface area contributed by atoms with Crippen molar-refractivity contribution in [1.82, 2.24) is 0 Å². The Kier molecular flexibility index (Phi) is 4.37. The van der Waals surface area contributed by atoms with Crippen LogP contribution in [0.4, 0.5) is 17.6 Å². The summed E-state index contributed by atoms with van der Waals surface area (Å²) in [5, 5.41) is 0. The van der Waals surface area contributed by atoms with E-state index in [4.69, 9.17) is 5.73 Å². The molecule has 1 rings (SSSR count). The lowest BCUT2D eigenvalue weighted by atomic mass is 10.2. The summed E-state index contributed by atoms with van der Waals surface area (Å²) in [5.41, 5.74) is 5.78. The predicted octanol–water partition coefficient (Wildman–Crippen LogP) is 3.38. The Morgan fingerprint density at radius 2 is 2.00 bits per heavy atom. The summed E-state index contributed by atoms with van der Waals surface area (Å²) in [6.07, 6.45) is -6.61. The predicted molar refractivity (Wildman–Crippen MR) is 58.1 cm³/mol. The quantitative estimate of drug-likeness (QED) is 0.868. The Labute approximate surface area is 104 Å². The number of benzene rings is 1. The lowest BCUT2D eigenvalue weighted by Crippen LogP contribution is -2.31. The molecule has 2 N–H and O–H groups in total. The molecule has 1 aromatic rings. The first kappa shape index (κ1) is 14.2. The third-order valence-corrected chi connectivity index (χ3v) is 2.97. The van der Waals surface area contributed by atoms with Crippen LogP contribution in [0.15, 0.2) is 16.6 Å². The molecule has 0 bridgehead atoms. The van der Waals surface area contributed by atoms with E-state index in [0.29, 0.717) is 5.56 Å². The van der Waals surface area contributed by atoms with Crippen LogP contribution in [-0.2, 0) is 6.54 Å². The van der Waals surface area contributed by atoms with Crippen LogP contribution in [0, 0.1) is 5.82 Å². The highest BCUT2D eigenvalue weighted by Gasteiger charge is 2.38. The topological polar surface area (TPSA) is 35.2 Å². The molecule has 1 aromatic carbocycles. The number of hydrogen-bond acceptors (Lipinski definition) is 2. The SMILES string of the molecule is CC(Oc1ccc(CN)c(Br)c1F)C(F)(F)F. The molecule has 0 aliphatic rings. The zero-order valence-electron chi connectivity index (χ0n) is 8.81. The number of hydrogen-bond donors (Lipinski definition) is 1. The molecule has 1 unspecified atom stereocenters. The summed E-state index contributed by atoms with van der Waals surface area (Å²) in [7, 11) is 0. The van der Waals surface area contributed by atoms with Crippen molar-refractivity contribution in [2.45, 2.75) is 25.7 Å². The van der Waals surface area contributed by atoms with Crippen LogP contribution in [0.25, 0.3) is 0 Å². The van der Waals surface area contributed by atoms with Crippen LogP contribution in [0.3, 0.4) is 0 Å². The Morgan fingerprint density at radius 1 is 1.41 bits per heavy atom. The monoisotopic (exact) mass is 315 g/mol. The smallest absolute Gasteiger partial charge is 0.425 e. The molecule has 0 heterocycles. The van der Waals surface area contributed by atoms with Crippen molar-refractivity contribution < 1.29 is 22.3 Å². The van der Waals surface area contributed by atoms with Gasteiger partial charge >= 0.3 is 6.18 Å². The second-order valence-electron chi connectivity index (χ2n) is 3.36. The highest BCUT2D eigenvalue weighted by Crippen LogP contribution is 2.31. The first-order valence-corrected chi connectivity index (χ1v) is 5.47. The van der Waals surface area contributed by atoms with Crippen molar-refractivity contribution in [2.24, 2.45) is 5.73 Å². The van der Waals surface area contributed by atoms with Crippen LogP contribution in [-0.4, -0.2) is 12.3 Å². The second kappa shape index (κ2) is 5.22. The highest BCUT2D eigenvalue weighted by atomic mass is 79.9. The average Bonchev–Trinajstić information content (AvgIpc) is 2.23. The minimum absolute atomic E-state index is 0.0203. The van der Waals surface area contributed by atoms with E-state index in [2.05, 4.69) is 20.7 Å². The normalized spacial score (nSPS) is 13.6. The van der Waals surface area contributed by atoms with Gasteiger partial charge in [-0.15, -0.1) is 0 Å². The van der Waals surface area contributed by atoms with Gasteiger partial charge < -0.3 is 10.5 Å². The van der Waals surface area contributed by atoms with Gasteiger partial charge in [0.1, 0.15) is 0 Å². The molecule has 0 aromatic heterocycles. The summed E-state index contributed by atoms with van der Waals surface area (Å²) in [4.78, 5) is 0. The molecular formula is C10H10BrF4NO. The summed E-state index contributed by atoms with van der Waals surface area (Å²) >= 11 is 2.92. The fourth-order valence-corrected chi connectivity index (χ4v) is 1.57. The van der Waals surface area contributed by atoms with Crippen LogP contribution in [0.1, 0.15) is 12.5 Å². The van der Waals surface area contributed by atoms with Crippen molar-refractivity contribution >= 4 is 15.9 Å². The molecule has 0 amide bonds. The van der Waals surface area contributed by atoms with Gasteiger partial charge in [-0.05, 0) is 34.5 Å². The van der Waals surface area contributed by atoms with E-state index in [-0.39, 0.29) is 11.0 Å². The number of ether oxygens (including phenoxy) is 1. The molecule has 17 heavy (non-hydrogen) atoms. The molecule has 1 atom stereocenters. The molecule has 0 radical (unpaired) electrons. The number of rotatable bonds is 3. The van der Waals surface area contributed by atoms with Gasteiger partial charge in [-0.2, -0.15) is 13.2 Å². The van der Waals surface area contributed by atoms with Crippen molar-refractivity contribution in [3.05, 3.63) is 28.0 Å². The Morgan fingerprint density at radius 3 is 2.47 bits per heavy atom. The van der Waals surface area contributed by atoms with Crippen LogP contribution >= 0.6 is 15.9 Å². The molecule has 0 saturated carbocycles. The average molecular weight is 316 g/mol. The highest BCUT2D eigenvalue weighted by molar-refractivity contribution is 9.10. The van der Waals surface area contributed by atoms with E-state index in [1.165, 1.54) is 6.07 Å². The van der Waals surface area contributed by atoms with Crippen molar-refractivity contribution in [3.63, 3.8) is 0 Å². The summed E-state index contributed by atoms with van der Waals surface area (Å²) in [6, 6.07) is 2.54. The van der Waals surface area contributed by atoms with Crippen LogP contribution < -0.4 is 10.5 Å². The van der Waals surface area contributed by atoms with Gasteiger partial charge in [0.05, 0.1) is 4.47 Å². The molecule has 7 heteroatoms. The van der Waals surface area contributed by atoms with Gasteiger partial charge in [-0.1, -0.05) is 6.07 Å². The lowest BCUT2D eigenvalue weighted by molar-refractivity contribution is -0.189. The first-order valence-electron chi connectivity index (χ1n) is 4.67. The van der Waals surface area contributed by atoms with E-state index in [1.807, 2.05) is 0 Å². The summed E-state index contributed by atoms with van der Waals surface area (Å²) in [5.74, 6) is -1.34. The number of alkyl halides is 3. The molecule has 0 aliphatic heterocycles. The van der Waals surface area contributed by atoms with Gasteiger partial charge in [-0.25, -0.2) is 4.39 Å². The van der Waals surface area contributed by atoms with Gasteiger partial charge in [0.25, 0.3) is 0 Å². The zero-order valence-corrected chi connectivity index (χ0v) is 10.4. The van der Waals surface area contributed by atoms with Gasteiger partial charge in [0.15, 0.2) is 17.7 Å². The first-order chi connectivity index (χ1) is 7.77. The third-order valence-electron chi connectivity index (χ3n) is 2.11. The number of nitrogens with two attached hydrogens (primary N) is 1. The van der Waals surface area contributed by atoms with E-state index in [1.54, 1.807) is 0 Å². The standard InChI is InChI=1S/C10H10BrF4NO/c1-5(10(13,14)15)17-7-3-2-6(4-16)8(11)9(7)12/h2-3,5H,4,16H2,1H3. The lowest BCUT2D eigenvalue weighted by Gasteiger charge is -2.18. The van der Waals surface area contributed by atoms with Crippen molar-refractivity contribution in [2.75, 3.05) is 0 Å². The zero-order chi connectivity index (χ0) is 13.2. The minimum atomic E-state index is -4.54. The van der Waals surface area contributed by atoms with E-state index >= 15 is 0 Å². The maximum atomic E-state index is 13.6. The van der Waals surface area contributed by atoms with Gasteiger partial charge in [0.2, 0.25) is 0 Å². The molecule has 0 aliphatic carbocycles. The van der Waals surface area contributed by atoms with Gasteiger partial charge in [0, 0.05) is 6.54 Å². The molecule has 2 nitrogen and oxygen atoms in total. The molecule has 0 fully saturated rings. The maximum absolute atomic E-state index is 13.6. The number of halogens is 5. The van der Waals surface area contributed by atoms with Crippen LogP contribution in [0.2, 0.25) is 0 Å². The maximum Gasteiger partial charge on any atom is 0.425 e. The largest absolute Gasteiger partial charge is 0.478 e. The third kappa shape index (κ3) is 3.32. The Bertz CT molecular complexity index is 408. The van der Waals surface area contributed by atoms with Crippen molar-refractivity contribution in [3.8, 4) is 5.75 Å². The van der Waals surface area contributed by atoms with E-state index in [9.17, 15) is 17.6 Å². The molecule has 0 spiro atoms. The summed E-state index contributed by atoms with van der Waals surface area (Å²) in [6.45, 7) is 0.886. The minimum Gasteiger partial charge on any atom is -0.478 e. The Hall–Kier alpha value is -0.820. The fourth-order valence-electron chi connectivity index (χ4n) is 1.08.